The van der Waals surface area contributed by atoms with E-state index in [9.17, 15) is 9.59 Å². The van der Waals surface area contributed by atoms with Gasteiger partial charge in [0.1, 0.15) is 0 Å². The molecule has 0 saturated heterocycles. The van der Waals surface area contributed by atoms with Crippen molar-refractivity contribution in [3.8, 4) is 0 Å². The lowest BCUT2D eigenvalue weighted by atomic mass is 9.86. The highest BCUT2D eigenvalue weighted by Gasteiger charge is 2.33. The zero-order chi connectivity index (χ0) is 22.6. The van der Waals surface area contributed by atoms with Crippen molar-refractivity contribution in [2.24, 2.45) is 16.2 Å². The number of ether oxygens (including phenoxy) is 2. The van der Waals surface area contributed by atoms with Crippen LogP contribution >= 0.6 is 0 Å². The molecule has 0 bridgehead atoms. The fourth-order valence-electron chi connectivity index (χ4n) is 3.15. The van der Waals surface area contributed by atoms with Gasteiger partial charge in [-0.05, 0) is 40.5 Å². The molecule has 4 nitrogen and oxygen atoms in total. The number of rotatable bonds is 16. The minimum absolute atomic E-state index is 0.162. The van der Waals surface area contributed by atoms with Crippen molar-refractivity contribution in [1.29, 1.82) is 0 Å². The van der Waals surface area contributed by atoms with Gasteiger partial charge in [0, 0.05) is 5.41 Å². The van der Waals surface area contributed by atoms with Crippen molar-refractivity contribution in [1.82, 2.24) is 0 Å². The number of esters is 2. The Bertz CT molecular complexity index is 435. The van der Waals surface area contributed by atoms with Gasteiger partial charge in [-0.15, -0.1) is 0 Å². The first-order valence-corrected chi connectivity index (χ1v) is 11.7. The van der Waals surface area contributed by atoms with E-state index in [0.29, 0.717) is 0 Å². The van der Waals surface area contributed by atoms with E-state index in [4.69, 9.17) is 9.47 Å². The standard InChI is InChI=1S/C25H48O4/c1-9-11-13-15-17-24(5,6)21(26)28-19-23(3,4)20-29-22(27)25(7,8)18-16-14-12-10-2/h9-20H2,1-8H3. The van der Waals surface area contributed by atoms with Gasteiger partial charge >= 0.3 is 11.9 Å². The Hall–Kier alpha value is -1.06. The van der Waals surface area contributed by atoms with E-state index < -0.39 is 16.2 Å². The molecule has 0 aliphatic rings. The van der Waals surface area contributed by atoms with E-state index in [1.54, 1.807) is 0 Å². The van der Waals surface area contributed by atoms with Crippen molar-refractivity contribution >= 4 is 11.9 Å². The van der Waals surface area contributed by atoms with Crippen LogP contribution in [0.2, 0.25) is 0 Å². The largest absolute Gasteiger partial charge is 0.465 e. The Labute approximate surface area is 180 Å². The third-order valence-electron chi connectivity index (χ3n) is 5.60. The predicted octanol–water partition coefficient (Wildman–Crippen LogP) is 7.09. The van der Waals surface area contributed by atoms with Crippen LogP contribution in [0.25, 0.3) is 0 Å². The SMILES string of the molecule is CCCCCCC(C)(C)C(=O)OCC(C)(C)COC(=O)C(C)(C)CCCCCC. The second kappa shape index (κ2) is 13.3. The van der Waals surface area contributed by atoms with Gasteiger partial charge in [0.25, 0.3) is 0 Å². The molecule has 0 atom stereocenters. The summed E-state index contributed by atoms with van der Waals surface area (Å²) >= 11 is 0. The first kappa shape index (κ1) is 27.9. The molecule has 0 aromatic heterocycles. The summed E-state index contributed by atoms with van der Waals surface area (Å²) in [7, 11) is 0. The van der Waals surface area contributed by atoms with Gasteiger partial charge < -0.3 is 9.47 Å². The quantitative estimate of drug-likeness (QED) is 0.200. The van der Waals surface area contributed by atoms with Gasteiger partial charge in [-0.1, -0.05) is 79.1 Å². The molecule has 0 rings (SSSR count). The lowest BCUT2D eigenvalue weighted by molar-refractivity contribution is -0.163. The number of hydrogen-bond donors (Lipinski definition) is 0. The summed E-state index contributed by atoms with van der Waals surface area (Å²) in [5, 5.41) is 0. The van der Waals surface area contributed by atoms with E-state index in [1.807, 2.05) is 41.5 Å². The Morgan fingerprint density at radius 2 is 0.931 bits per heavy atom. The van der Waals surface area contributed by atoms with Crippen LogP contribution in [0.4, 0.5) is 0 Å². The lowest BCUT2D eigenvalue weighted by Crippen LogP contribution is -2.35. The topological polar surface area (TPSA) is 52.6 Å². The molecule has 0 aromatic carbocycles. The van der Waals surface area contributed by atoms with Crippen LogP contribution in [-0.4, -0.2) is 25.2 Å². The van der Waals surface area contributed by atoms with Gasteiger partial charge in [0.2, 0.25) is 0 Å². The first-order valence-electron chi connectivity index (χ1n) is 11.7. The summed E-state index contributed by atoms with van der Waals surface area (Å²) in [4.78, 5) is 25.0. The molecule has 0 spiro atoms. The predicted molar refractivity (Wildman–Crippen MR) is 121 cm³/mol. The molecule has 0 amide bonds. The van der Waals surface area contributed by atoms with Gasteiger partial charge in [-0.2, -0.15) is 0 Å². The number of unbranched alkanes of at least 4 members (excludes halogenated alkanes) is 6. The van der Waals surface area contributed by atoms with Gasteiger partial charge in [-0.25, -0.2) is 0 Å². The molecule has 0 N–H and O–H groups in total. The molecule has 0 heterocycles. The highest BCUT2D eigenvalue weighted by molar-refractivity contribution is 5.76. The Morgan fingerprint density at radius 1 is 0.586 bits per heavy atom. The summed E-state index contributed by atoms with van der Waals surface area (Å²) in [6.45, 7) is 16.6. The highest BCUT2D eigenvalue weighted by atomic mass is 16.5. The van der Waals surface area contributed by atoms with Crippen LogP contribution in [-0.2, 0) is 19.1 Å². The van der Waals surface area contributed by atoms with E-state index in [-0.39, 0.29) is 25.2 Å². The minimum atomic E-state index is -0.471. The summed E-state index contributed by atoms with van der Waals surface area (Å²) in [5.74, 6) is -0.325. The molecule has 0 aromatic rings. The maximum atomic E-state index is 12.5. The summed E-state index contributed by atoms with van der Waals surface area (Å²) in [6, 6.07) is 0. The molecule has 4 heteroatoms. The van der Waals surface area contributed by atoms with Crippen LogP contribution in [0.15, 0.2) is 0 Å². The molecule has 0 unspecified atom stereocenters. The fourth-order valence-corrected chi connectivity index (χ4v) is 3.15. The third kappa shape index (κ3) is 12.3. The van der Waals surface area contributed by atoms with Crippen LogP contribution < -0.4 is 0 Å². The molecule has 0 aliphatic heterocycles. The molecule has 29 heavy (non-hydrogen) atoms. The van der Waals surface area contributed by atoms with Gasteiger partial charge in [0.05, 0.1) is 24.0 Å². The normalized spacial score (nSPS) is 12.7. The smallest absolute Gasteiger partial charge is 0.311 e. The highest BCUT2D eigenvalue weighted by Crippen LogP contribution is 2.29. The zero-order valence-electron chi connectivity index (χ0n) is 20.6. The maximum absolute atomic E-state index is 12.5. The van der Waals surface area contributed by atoms with Crippen molar-refractivity contribution in [3.63, 3.8) is 0 Å². The van der Waals surface area contributed by atoms with E-state index in [2.05, 4.69) is 13.8 Å². The van der Waals surface area contributed by atoms with Crippen LogP contribution in [0, 0.1) is 16.2 Å². The molecule has 0 radical (unpaired) electrons. The third-order valence-corrected chi connectivity index (χ3v) is 5.60. The Kier molecular flexibility index (Phi) is 12.8. The molecule has 172 valence electrons. The first-order chi connectivity index (χ1) is 13.4. The van der Waals surface area contributed by atoms with Gasteiger partial charge in [0.15, 0.2) is 0 Å². The van der Waals surface area contributed by atoms with Gasteiger partial charge in [-0.3, -0.25) is 9.59 Å². The summed E-state index contributed by atoms with van der Waals surface area (Å²) in [6.07, 6.45) is 10.9. The van der Waals surface area contributed by atoms with E-state index in [0.717, 1.165) is 38.5 Å². The molecule has 0 fully saturated rings. The monoisotopic (exact) mass is 412 g/mol. The molecular weight excluding hydrogens is 364 g/mol. The number of hydrogen-bond acceptors (Lipinski definition) is 4. The Morgan fingerprint density at radius 3 is 1.24 bits per heavy atom. The van der Waals surface area contributed by atoms with Crippen LogP contribution in [0.3, 0.4) is 0 Å². The molecule has 0 saturated carbocycles. The van der Waals surface area contributed by atoms with Crippen molar-refractivity contribution in [2.75, 3.05) is 13.2 Å². The lowest BCUT2D eigenvalue weighted by Gasteiger charge is -2.29. The van der Waals surface area contributed by atoms with Crippen LogP contribution in [0.1, 0.15) is 120 Å². The van der Waals surface area contributed by atoms with Crippen molar-refractivity contribution < 1.29 is 19.1 Å². The van der Waals surface area contributed by atoms with Crippen molar-refractivity contribution in [2.45, 2.75) is 120 Å². The number of carbonyl (C=O) groups is 2. The molecular formula is C25H48O4. The second-order valence-corrected chi connectivity index (χ2v) is 10.7. The zero-order valence-corrected chi connectivity index (χ0v) is 20.6. The van der Waals surface area contributed by atoms with Crippen molar-refractivity contribution in [3.05, 3.63) is 0 Å². The second-order valence-electron chi connectivity index (χ2n) is 10.7. The fraction of sp³-hybridized carbons (Fsp3) is 0.920. The minimum Gasteiger partial charge on any atom is -0.465 e. The summed E-state index contributed by atoms with van der Waals surface area (Å²) < 4.78 is 11.2. The average molecular weight is 413 g/mol. The number of carbonyl (C=O) groups excluding carboxylic acids is 2. The average Bonchev–Trinajstić information content (AvgIpc) is 2.65. The van der Waals surface area contributed by atoms with E-state index in [1.165, 1.54) is 25.7 Å². The summed E-state index contributed by atoms with van der Waals surface area (Å²) in [5.41, 5.74) is -1.34. The maximum Gasteiger partial charge on any atom is 0.311 e. The Balaban J connectivity index is 4.39. The molecule has 0 aliphatic carbocycles. The van der Waals surface area contributed by atoms with E-state index >= 15 is 0 Å². The van der Waals surface area contributed by atoms with Crippen LogP contribution in [0.5, 0.6) is 0 Å².